The number of anilines is 1. The summed E-state index contributed by atoms with van der Waals surface area (Å²) in [6.07, 6.45) is 3.01. The van der Waals surface area contributed by atoms with E-state index >= 15 is 0 Å². The molecule has 1 atom stereocenters. The van der Waals surface area contributed by atoms with Gasteiger partial charge in [0.1, 0.15) is 17.5 Å². The van der Waals surface area contributed by atoms with Crippen LogP contribution in [0.5, 0.6) is 0 Å². The van der Waals surface area contributed by atoms with E-state index in [4.69, 9.17) is 9.47 Å². The van der Waals surface area contributed by atoms with Crippen molar-refractivity contribution in [3.05, 3.63) is 17.6 Å². The highest BCUT2D eigenvalue weighted by atomic mass is 16.6. The van der Waals surface area contributed by atoms with Crippen LogP contribution >= 0.6 is 0 Å². The van der Waals surface area contributed by atoms with Crippen molar-refractivity contribution in [2.75, 3.05) is 31.5 Å². The first-order valence-corrected chi connectivity index (χ1v) is 12.4. The molecule has 2 aliphatic rings. The Kier molecular flexibility index (Phi) is 7.05. The van der Waals surface area contributed by atoms with Gasteiger partial charge in [0.2, 0.25) is 5.95 Å². The third kappa shape index (κ3) is 5.94. The largest absolute Gasteiger partial charge is 0.444 e. The number of rotatable bonds is 4. The van der Waals surface area contributed by atoms with Crippen LogP contribution in [0.2, 0.25) is 0 Å². The summed E-state index contributed by atoms with van der Waals surface area (Å²) in [4.78, 5) is 37.4. The average molecular weight is 488 g/mol. The van der Waals surface area contributed by atoms with Gasteiger partial charge in [0.15, 0.2) is 5.65 Å². The number of hydrogen-bond acceptors (Lipinski definition) is 8. The molecule has 2 amide bonds. The van der Waals surface area contributed by atoms with Gasteiger partial charge in [-0.25, -0.2) is 14.6 Å². The minimum atomic E-state index is -0.547. The first-order chi connectivity index (χ1) is 16.5. The van der Waals surface area contributed by atoms with Gasteiger partial charge in [-0.15, -0.1) is 0 Å². The van der Waals surface area contributed by atoms with Crippen LogP contribution in [0.4, 0.5) is 15.5 Å². The summed E-state index contributed by atoms with van der Waals surface area (Å²) in [6.45, 7) is 13.7. The molecule has 192 valence electrons. The van der Waals surface area contributed by atoms with Gasteiger partial charge in [0.25, 0.3) is 0 Å². The maximum absolute atomic E-state index is 12.7. The van der Waals surface area contributed by atoms with Crippen molar-refractivity contribution in [3.63, 3.8) is 0 Å². The third-order valence-corrected chi connectivity index (χ3v) is 6.28. The molecule has 2 fully saturated rings. The summed E-state index contributed by atoms with van der Waals surface area (Å²) < 4.78 is 12.9. The van der Waals surface area contributed by atoms with E-state index in [-0.39, 0.29) is 24.3 Å². The molecule has 0 bridgehead atoms. The number of aryl methyl sites for hydroxylation is 1. The van der Waals surface area contributed by atoms with E-state index in [2.05, 4.69) is 34.2 Å². The lowest BCUT2D eigenvalue weighted by Gasteiger charge is -2.32. The topological polar surface area (TPSA) is 114 Å². The number of aromatic nitrogens is 4. The first kappa shape index (κ1) is 25.0. The number of carbonyl (C=O) groups excluding carboxylic acids is 2. The van der Waals surface area contributed by atoms with Gasteiger partial charge in [-0.2, -0.15) is 14.6 Å². The van der Waals surface area contributed by atoms with Crippen LogP contribution < -0.4 is 5.32 Å². The van der Waals surface area contributed by atoms with Crippen LogP contribution in [0.15, 0.2) is 6.20 Å². The van der Waals surface area contributed by atoms with Gasteiger partial charge in [-0.1, -0.05) is 13.8 Å². The van der Waals surface area contributed by atoms with Gasteiger partial charge in [0, 0.05) is 37.7 Å². The number of ether oxygens (including phenoxy) is 2. The number of amides is 2. The zero-order chi connectivity index (χ0) is 25.3. The molecule has 1 N–H and O–H groups in total. The summed E-state index contributed by atoms with van der Waals surface area (Å²) in [5.74, 6) is 1.69. The number of nitrogens with one attached hydrogen (secondary N) is 1. The highest BCUT2D eigenvalue weighted by Gasteiger charge is 2.33. The van der Waals surface area contributed by atoms with Crippen molar-refractivity contribution in [2.24, 2.45) is 0 Å². The molecule has 2 aromatic rings. The Balaban J connectivity index is 1.28. The summed E-state index contributed by atoms with van der Waals surface area (Å²) >= 11 is 0. The zero-order valence-electron chi connectivity index (χ0n) is 21.6. The van der Waals surface area contributed by atoms with E-state index in [0.717, 1.165) is 24.1 Å². The van der Waals surface area contributed by atoms with Gasteiger partial charge in [0.05, 0.1) is 12.7 Å². The molecule has 2 aromatic heterocycles. The number of hydrogen-bond donors (Lipinski definition) is 1. The van der Waals surface area contributed by atoms with Gasteiger partial charge < -0.3 is 24.6 Å². The fourth-order valence-corrected chi connectivity index (χ4v) is 4.42. The Morgan fingerprint density at radius 3 is 2.40 bits per heavy atom. The van der Waals surface area contributed by atoms with E-state index in [1.165, 1.54) is 0 Å². The molecule has 11 nitrogen and oxygen atoms in total. The highest BCUT2D eigenvalue weighted by Crippen LogP contribution is 2.23. The minimum absolute atomic E-state index is 0.164. The Bertz CT molecular complexity index is 1070. The molecular formula is C24H37N7O4. The maximum Gasteiger partial charge on any atom is 0.410 e. The van der Waals surface area contributed by atoms with Gasteiger partial charge in [-0.05, 0) is 46.5 Å². The number of carbonyl (C=O) groups is 2. The van der Waals surface area contributed by atoms with Crippen LogP contribution in [0, 0.1) is 6.92 Å². The van der Waals surface area contributed by atoms with Crippen LogP contribution in [0.25, 0.3) is 5.65 Å². The Hall–Kier alpha value is -3.11. The average Bonchev–Trinajstić information content (AvgIpc) is 3.40. The lowest BCUT2D eigenvalue weighted by molar-refractivity contribution is 0.0235. The molecule has 2 aliphatic heterocycles. The van der Waals surface area contributed by atoms with Crippen LogP contribution in [-0.2, 0) is 9.47 Å². The summed E-state index contributed by atoms with van der Waals surface area (Å²) in [5, 5.41) is 7.99. The number of piperidine rings is 1. The summed E-state index contributed by atoms with van der Waals surface area (Å²) in [6, 6.07) is 0.164. The zero-order valence-corrected chi connectivity index (χ0v) is 21.6. The minimum Gasteiger partial charge on any atom is -0.444 e. The second kappa shape index (κ2) is 9.87. The molecule has 4 heterocycles. The monoisotopic (exact) mass is 487 g/mol. The van der Waals surface area contributed by atoms with E-state index in [1.807, 2.05) is 33.9 Å². The second-order valence-corrected chi connectivity index (χ2v) is 10.7. The van der Waals surface area contributed by atoms with Crippen molar-refractivity contribution in [1.82, 2.24) is 29.4 Å². The Labute approximate surface area is 206 Å². The Morgan fingerprint density at radius 1 is 1.06 bits per heavy atom. The quantitative estimate of drug-likeness (QED) is 0.696. The molecule has 0 unspecified atom stereocenters. The number of fused-ring (bicyclic) bond motifs is 1. The maximum atomic E-state index is 12.7. The van der Waals surface area contributed by atoms with Gasteiger partial charge >= 0.3 is 12.2 Å². The van der Waals surface area contributed by atoms with Crippen molar-refractivity contribution in [3.8, 4) is 0 Å². The lowest BCUT2D eigenvalue weighted by Crippen LogP contribution is -2.44. The molecule has 11 heteroatoms. The van der Waals surface area contributed by atoms with Crippen molar-refractivity contribution in [2.45, 2.75) is 84.5 Å². The number of nitrogens with zero attached hydrogens (tertiary/aromatic N) is 6. The van der Waals surface area contributed by atoms with Crippen molar-refractivity contribution < 1.29 is 19.1 Å². The summed E-state index contributed by atoms with van der Waals surface area (Å²) in [7, 11) is 0. The smallest absolute Gasteiger partial charge is 0.410 e. The normalized spacial score (nSPS) is 19.5. The van der Waals surface area contributed by atoms with Crippen LogP contribution in [0.1, 0.15) is 71.2 Å². The molecule has 0 aromatic carbocycles. The van der Waals surface area contributed by atoms with E-state index in [1.54, 1.807) is 14.3 Å². The van der Waals surface area contributed by atoms with Gasteiger partial charge in [-0.3, -0.25) is 0 Å². The molecule has 2 saturated heterocycles. The SMILES string of the molecule is Cc1nc(NC2CCN(C(=O)O[C@@H]3CCN(C(=O)OC(C)(C)C)C3)CC2)n2ncc(C(C)C)c2n1. The van der Waals surface area contributed by atoms with E-state index < -0.39 is 5.60 Å². The van der Waals surface area contributed by atoms with E-state index in [0.29, 0.717) is 50.3 Å². The summed E-state index contributed by atoms with van der Waals surface area (Å²) in [5.41, 5.74) is 1.37. The molecule has 0 saturated carbocycles. The molecule has 0 aliphatic carbocycles. The Morgan fingerprint density at radius 2 is 1.74 bits per heavy atom. The van der Waals surface area contributed by atoms with Crippen LogP contribution in [-0.4, -0.2) is 85.5 Å². The second-order valence-electron chi connectivity index (χ2n) is 10.7. The highest BCUT2D eigenvalue weighted by molar-refractivity contribution is 5.70. The predicted octanol–water partition coefficient (Wildman–Crippen LogP) is 3.58. The third-order valence-electron chi connectivity index (χ3n) is 6.28. The molecule has 4 rings (SSSR count). The van der Waals surface area contributed by atoms with E-state index in [9.17, 15) is 9.59 Å². The molecule has 0 radical (unpaired) electrons. The fourth-order valence-electron chi connectivity index (χ4n) is 4.42. The molecule has 35 heavy (non-hydrogen) atoms. The predicted molar refractivity (Wildman–Crippen MR) is 131 cm³/mol. The first-order valence-electron chi connectivity index (χ1n) is 12.4. The van der Waals surface area contributed by atoms with Crippen molar-refractivity contribution in [1.29, 1.82) is 0 Å². The van der Waals surface area contributed by atoms with Crippen molar-refractivity contribution >= 4 is 23.8 Å². The standard InChI is InChI=1S/C24H37N7O4/c1-15(2)19-13-25-31-20(19)26-16(3)27-21(31)28-17-7-10-29(11-8-17)22(32)34-18-9-12-30(14-18)23(33)35-24(4,5)6/h13,15,17-18H,7-12,14H2,1-6H3,(H,26,27,28)/t18-/m1/s1. The lowest BCUT2D eigenvalue weighted by atomic mass is 10.1. The fraction of sp³-hybridized carbons (Fsp3) is 0.708. The molecule has 0 spiro atoms. The number of likely N-dealkylation sites (tertiary alicyclic amines) is 2. The molecular weight excluding hydrogens is 450 g/mol. The van der Waals surface area contributed by atoms with Crippen LogP contribution in [0.3, 0.4) is 0 Å².